The van der Waals surface area contributed by atoms with Crippen LogP contribution in [-0.2, 0) is 9.47 Å². The number of nitrogens with one attached hydrogen (secondary N) is 1. The lowest BCUT2D eigenvalue weighted by Gasteiger charge is -2.44. The molecule has 0 spiro atoms. The standard InChI is InChI=1S/C14H30N4O4/c1-6(18-2)10-4-3-7(15)14(21-10)22-13-9(17)5-8(16)11(19)12(13)20/h6-14,18-20H,3-5,15-17H2,1-2H3. The maximum absolute atomic E-state index is 10.2. The molecule has 2 rings (SSSR count). The molecule has 9 N–H and O–H groups in total. The van der Waals surface area contributed by atoms with Crippen LogP contribution in [0.5, 0.6) is 0 Å². The van der Waals surface area contributed by atoms with Gasteiger partial charge in [-0.2, -0.15) is 0 Å². The predicted octanol–water partition coefficient (Wildman–Crippen LogP) is -2.41. The van der Waals surface area contributed by atoms with E-state index < -0.39 is 36.7 Å². The smallest absolute Gasteiger partial charge is 0.173 e. The lowest BCUT2D eigenvalue weighted by atomic mass is 9.84. The second kappa shape index (κ2) is 7.50. The van der Waals surface area contributed by atoms with Gasteiger partial charge in [0, 0.05) is 18.1 Å². The Balaban J connectivity index is 2.01. The quantitative estimate of drug-likeness (QED) is 0.336. The minimum absolute atomic E-state index is 0.0149. The van der Waals surface area contributed by atoms with Crippen LogP contribution in [0.3, 0.4) is 0 Å². The SMILES string of the molecule is CNC(C)C1CCC(N)C(OC2C(N)CC(N)C(O)C2O)O1. The van der Waals surface area contributed by atoms with Crippen LogP contribution in [-0.4, -0.2) is 72.1 Å². The van der Waals surface area contributed by atoms with E-state index in [0.29, 0.717) is 6.42 Å². The summed E-state index contributed by atoms with van der Waals surface area (Å²) in [4.78, 5) is 0. The molecule has 1 heterocycles. The summed E-state index contributed by atoms with van der Waals surface area (Å²) in [6.07, 6.45) is -1.62. The first-order valence-corrected chi connectivity index (χ1v) is 7.96. The fourth-order valence-electron chi connectivity index (χ4n) is 3.15. The van der Waals surface area contributed by atoms with Crippen LogP contribution in [0.1, 0.15) is 26.2 Å². The zero-order valence-electron chi connectivity index (χ0n) is 13.3. The van der Waals surface area contributed by atoms with Crippen molar-refractivity contribution in [3.8, 4) is 0 Å². The Morgan fingerprint density at radius 1 is 1.09 bits per heavy atom. The summed E-state index contributed by atoms with van der Waals surface area (Å²) in [5.41, 5.74) is 17.8. The number of rotatable bonds is 4. The molecule has 1 saturated heterocycles. The van der Waals surface area contributed by atoms with Gasteiger partial charge in [-0.1, -0.05) is 0 Å². The molecule has 130 valence electrons. The monoisotopic (exact) mass is 318 g/mol. The van der Waals surface area contributed by atoms with E-state index in [-0.39, 0.29) is 18.2 Å². The van der Waals surface area contributed by atoms with Gasteiger partial charge in [-0.25, -0.2) is 0 Å². The molecular weight excluding hydrogens is 288 g/mol. The highest BCUT2D eigenvalue weighted by atomic mass is 16.7. The van der Waals surface area contributed by atoms with Crippen LogP contribution < -0.4 is 22.5 Å². The summed E-state index contributed by atoms with van der Waals surface area (Å²) >= 11 is 0. The molecule has 1 saturated carbocycles. The van der Waals surface area contributed by atoms with Gasteiger partial charge in [-0.3, -0.25) is 0 Å². The van der Waals surface area contributed by atoms with Gasteiger partial charge in [-0.05, 0) is 33.2 Å². The maximum atomic E-state index is 10.2. The van der Waals surface area contributed by atoms with Crippen molar-refractivity contribution in [2.45, 2.75) is 81.1 Å². The van der Waals surface area contributed by atoms with Crippen LogP contribution in [0.4, 0.5) is 0 Å². The molecule has 9 unspecified atom stereocenters. The molecule has 2 aliphatic rings. The van der Waals surface area contributed by atoms with Gasteiger partial charge >= 0.3 is 0 Å². The molecule has 22 heavy (non-hydrogen) atoms. The number of ether oxygens (including phenoxy) is 2. The molecular formula is C14H30N4O4. The summed E-state index contributed by atoms with van der Waals surface area (Å²) in [5.74, 6) is 0. The van der Waals surface area contributed by atoms with Crippen LogP contribution in [0.2, 0.25) is 0 Å². The van der Waals surface area contributed by atoms with Gasteiger partial charge in [0.05, 0.1) is 18.2 Å². The number of aliphatic hydroxyl groups is 2. The Morgan fingerprint density at radius 2 is 1.77 bits per heavy atom. The van der Waals surface area contributed by atoms with E-state index in [1.807, 2.05) is 14.0 Å². The molecule has 0 radical (unpaired) electrons. The van der Waals surface area contributed by atoms with Gasteiger partial charge in [0.2, 0.25) is 0 Å². The van der Waals surface area contributed by atoms with E-state index in [9.17, 15) is 10.2 Å². The zero-order chi connectivity index (χ0) is 16.4. The number of aliphatic hydroxyl groups excluding tert-OH is 2. The van der Waals surface area contributed by atoms with E-state index >= 15 is 0 Å². The van der Waals surface area contributed by atoms with Gasteiger partial charge in [-0.15, -0.1) is 0 Å². The second-order valence-corrected chi connectivity index (χ2v) is 6.51. The van der Waals surface area contributed by atoms with Crippen molar-refractivity contribution in [1.82, 2.24) is 5.32 Å². The third-order valence-corrected chi connectivity index (χ3v) is 4.84. The van der Waals surface area contributed by atoms with Gasteiger partial charge in [0.15, 0.2) is 6.29 Å². The average Bonchev–Trinajstić information content (AvgIpc) is 2.50. The normalized spacial score (nSPS) is 48.1. The summed E-state index contributed by atoms with van der Waals surface area (Å²) < 4.78 is 11.8. The minimum Gasteiger partial charge on any atom is -0.389 e. The van der Waals surface area contributed by atoms with E-state index in [2.05, 4.69) is 5.32 Å². The fraction of sp³-hybridized carbons (Fsp3) is 1.00. The van der Waals surface area contributed by atoms with Crippen LogP contribution in [0, 0.1) is 0 Å². The molecule has 0 bridgehead atoms. The number of hydrogen-bond acceptors (Lipinski definition) is 8. The topological polar surface area (TPSA) is 149 Å². The minimum atomic E-state index is -1.14. The third-order valence-electron chi connectivity index (χ3n) is 4.84. The van der Waals surface area contributed by atoms with Crippen molar-refractivity contribution < 1.29 is 19.7 Å². The molecule has 1 aliphatic heterocycles. The summed E-state index contributed by atoms with van der Waals surface area (Å²) in [6, 6.07) is -1.14. The van der Waals surface area contributed by atoms with Crippen LogP contribution >= 0.6 is 0 Å². The largest absolute Gasteiger partial charge is 0.389 e. The Bertz CT molecular complexity index is 362. The molecule has 2 fully saturated rings. The van der Waals surface area contributed by atoms with Crippen molar-refractivity contribution in [3.63, 3.8) is 0 Å². The Hall–Kier alpha value is -0.320. The zero-order valence-corrected chi connectivity index (χ0v) is 13.3. The molecule has 8 heteroatoms. The lowest BCUT2D eigenvalue weighted by molar-refractivity contribution is -0.256. The van der Waals surface area contributed by atoms with E-state index in [1.54, 1.807) is 0 Å². The first-order valence-electron chi connectivity index (χ1n) is 7.96. The van der Waals surface area contributed by atoms with Crippen molar-refractivity contribution >= 4 is 0 Å². The lowest BCUT2D eigenvalue weighted by Crippen LogP contribution is -2.64. The molecule has 9 atom stereocenters. The predicted molar refractivity (Wildman–Crippen MR) is 81.8 cm³/mol. The molecule has 0 aromatic carbocycles. The first-order chi connectivity index (χ1) is 10.3. The van der Waals surface area contributed by atoms with Gasteiger partial charge in [0.25, 0.3) is 0 Å². The Morgan fingerprint density at radius 3 is 2.41 bits per heavy atom. The number of hydrogen-bond donors (Lipinski definition) is 6. The van der Waals surface area contributed by atoms with E-state index in [4.69, 9.17) is 26.7 Å². The number of likely N-dealkylation sites (N-methyl/N-ethyl adjacent to an activating group) is 1. The van der Waals surface area contributed by atoms with E-state index in [1.165, 1.54) is 0 Å². The third kappa shape index (κ3) is 3.77. The highest BCUT2D eigenvalue weighted by molar-refractivity contribution is 4.98. The summed E-state index contributed by atoms with van der Waals surface area (Å²) in [5, 5.41) is 23.2. The molecule has 0 aromatic rings. The highest BCUT2D eigenvalue weighted by Gasteiger charge is 2.44. The second-order valence-electron chi connectivity index (χ2n) is 6.51. The highest BCUT2D eigenvalue weighted by Crippen LogP contribution is 2.27. The fourth-order valence-corrected chi connectivity index (χ4v) is 3.15. The van der Waals surface area contributed by atoms with Crippen molar-refractivity contribution in [1.29, 1.82) is 0 Å². The summed E-state index contributed by atoms with van der Waals surface area (Å²) in [6.45, 7) is 2.03. The Labute approximate surface area is 131 Å². The first kappa shape index (κ1) is 18.0. The maximum Gasteiger partial charge on any atom is 0.173 e. The van der Waals surface area contributed by atoms with E-state index in [0.717, 1.165) is 12.8 Å². The van der Waals surface area contributed by atoms with Crippen LogP contribution in [0.25, 0.3) is 0 Å². The van der Waals surface area contributed by atoms with Crippen molar-refractivity contribution in [2.75, 3.05) is 7.05 Å². The van der Waals surface area contributed by atoms with Crippen LogP contribution in [0.15, 0.2) is 0 Å². The molecule has 1 aliphatic carbocycles. The molecule has 0 amide bonds. The van der Waals surface area contributed by atoms with Crippen molar-refractivity contribution in [2.24, 2.45) is 17.2 Å². The van der Waals surface area contributed by atoms with Crippen molar-refractivity contribution in [3.05, 3.63) is 0 Å². The Kier molecular flexibility index (Phi) is 6.14. The average molecular weight is 318 g/mol. The van der Waals surface area contributed by atoms with Gasteiger partial charge in [0.1, 0.15) is 12.2 Å². The van der Waals surface area contributed by atoms with Gasteiger partial charge < -0.3 is 42.2 Å². The molecule has 8 nitrogen and oxygen atoms in total. The number of nitrogens with two attached hydrogens (primary N) is 3. The summed E-state index contributed by atoms with van der Waals surface area (Å²) in [7, 11) is 1.87. The molecule has 0 aromatic heterocycles.